The van der Waals surface area contributed by atoms with E-state index in [1.165, 1.54) is 6.42 Å². The molecular weight excluding hydrogens is 230 g/mol. The van der Waals surface area contributed by atoms with Crippen molar-refractivity contribution in [3.05, 3.63) is 12.3 Å². The van der Waals surface area contributed by atoms with Gasteiger partial charge < -0.3 is 10.1 Å². The van der Waals surface area contributed by atoms with E-state index >= 15 is 0 Å². The SMILES string of the molecule is O=C(Nc1ccnn1CC1CCOC1)C1CCC1. The lowest BCUT2D eigenvalue weighted by atomic mass is 9.85. The highest BCUT2D eigenvalue weighted by Gasteiger charge is 2.26. The van der Waals surface area contributed by atoms with Crippen molar-refractivity contribution < 1.29 is 9.53 Å². The fourth-order valence-corrected chi connectivity index (χ4v) is 2.45. The van der Waals surface area contributed by atoms with Gasteiger partial charge in [0.15, 0.2) is 0 Å². The molecule has 5 nitrogen and oxygen atoms in total. The maximum absolute atomic E-state index is 11.9. The van der Waals surface area contributed by atoms with Crippen LogP contribution in [0.5, 0.6) is 0 Å². The Morgan fingerprint density at radius 3 is 3.06 bits per heavy atom. The van der Waals surface area contributed by atoms with E-state index in [9.17, 15) is 4.79 Å². The number of anilines is 1. The highest BCUT2D eigenvalue weighted by molar-refractivity contribution is 5.92. The first-order chi connectivity index (χ1) is 8.83. The van der Waals surface area contributed by atoms with Crippen LogP contribution < -0.4 is 5.32 Å². The summed E-state index contributed by atoms with van der Waals surface area (Å²) in [6.45, 7) is 2.47. The normalized spacial score (nSPS) is 23.9. The molecule has 1 atom stereocenters. The van der Waals surface area contributed by atoms with Gasteiger partial charge in [0, 0.05) is 31.1 Å². The van der Waals surface area contributed by atoms with Crippen molar-refractivity contribution in [2.75, 3.05) is 18.5 Å². The number of hydrogen-bond acceptors (Lipinski definition) is 3. The molecule has 0 radical (unpaired) electrons. The minimum atomic E-state index is 0.144. The largest absolute Gasteiger partial charge is 0.381 e. The van der Waals surface area contributed by atoms with Crippen molar-refractivity contribution in [1.29, 1.82) is 0 Å². The number of aromatic nitrogens is 2. The molecule has 2 aliphatic rings. The van der Waals surface area contributed by atoms with Crippen molar-refractivity contribution in [2.45, 2.75) is 32.2 Å². The van der Waals surface area contributed by atoms with Crippen molar-refractivity contribution in [3.63, 3.8) is 0 Å². The third kappa shape index (κ3) is 2.41. The van der Waals surface area contributed by atoms with Gasteiger partial charge in [0.05, 0.1) is 12.8 Å². The van der Waals surface area contributed by atoms with Crippen LogP contribution in [0.1, 0.15) is 25.7 Å². The molecular formula is C13H19N3O2. The zero-order valence-electron chi connectivity index (χ0n) is 10.5. The van der Waals surface area contributed by atoms with Gasteiger partial charge in [-0.15, -0.1) is 0 Å². The lowest BCUT2D eigenvalue weighted by Crippen LogP contribution is -2.29. The molecule has 0 aromatic carbocycles. The maximum Gasteiger partial charge on any atom is 0.228 e. The lowest BCUT2D eigenvalue weighted by Gasteiger charge is -2.24. The average Bonchev–Trinajstić information content (AvgIpc) is 2.89. The third-order valence-electron chi connectivity index (χ3n) is 3.90. The van der Waals surface area contributed by atoms with E-state index in [1.54, 1.807) is 6.20 Å². The number of carbonyl (C=O) groups excluding carboxylic acids is 1. The number of nitrogens with zero attached hydrogens (tertiary/aromatic N) is 2. The zero-order chi connectivity index (χ0) is 12.4. The van der Waals surface area contributed by atoms with Crippen molar-refractivity contribution in [2.24, 2.45) is 11.8 Å². The topological polar surface area (TPSA) is 56.2 Å². The van der Waals surface area contributed by atoms with Crippen LogP contribution >= 0.6 is 0 Å². The molecule has 18 heavy (non-hydrogen) atoms. The van der Waals surface area contributed by atoms with Gasteiger partial charge in [-0.2, -0.15) is 5.10 Å². The van der Waals surface area contributed by atoms with E-state index in [0.717, 1.165) is 44.8 Å². The predicted octanol–water partition coefficient (Wildman–Crippen LogP) is 1.66. The summed E-state index contributed by atoms with van der Waals surface area (Å²) >= 11 is 0. The summed E-state index contributed by atoms with van der Waals surface area (Å²) < 4.78 is 7.25. The van der Waals surface area contributed by atoms with Crippen LogP contribution in [0.25, 0.3) is 0 Å². The van der Waals surface area contributed by atoms with E-state index in [0.29, 0.717) is 5.92 Å². The molecule has 1 aromatic rings. The smallest absolute Gasteiger partial charge is 0.228 e. The molecule has 1 aliphatic heterocycles. The summed E-state index contributed by atoms with van der Waals surface area (Å²) in [6, 6.07) is 1.87. The maximum atomic E-state index is 11.9. The average molecular weight is 249 g/mol. The molecule has 1 unspecified atom stereocenters. The molecule has 2 heterocycles. The summed E-state index contributed by atoms with van der Waals surface area (Å²) in [6.07, 6.45) is 6.05. The highest BCUT2D eigenvalue weighted by atomic mass is 16.5. The molecule has 2 fully saturated rings. The first-order valence-corrected chi connectivity index (χ1v) is 6.73. The Balaban J connectivity index is 1.61. The van der Waals surface area contributed by atoms with E-state index in [1.807, 2.05) is 10.7 Å². The Labute approximate surface area is 107 Å². The minimum absolute atomic E-state index is 0.144. The van der Waals surface area contributed by atoms with Crippen LogP contribution in [0, 0.1) is 11.8 Å². The number of hydrogen-bond donors (Lipinski definition) is 1. The molecule has 1 aliphatic carbocycles. The van der Waals surface area contributed by atoms with Crippen molar-refractivity contribution >= 4 is 11.7 Å². The Hall–Kier alpha value is -1.36. The zero-order valence-corrected chi connectivity index (χ0v) is 10.5. The molecule has 1 N–H and O–H groups in total. The summed E-state index contributed by atoms with van der Waals surface area (Å²) in [5, 5.41) is 7.27. The molecule has 1 aromatic heterocycles. The van der Waals surface area contributed by atoms with Crippen molar-refractivity contribution in [1.82, 2.24) is 9.78 Å². The van der Waals surface area contributed by atoms with Crippen LogP contribution in [-0.2, 0) is 16.1 Å². The molecule has 0 bridgehead atoms. The van der Waals surface area contributed by atoms with Gasteiger partial charge >= 0.3 is 0 Å². The van der Waals surface area contributed by atoms with Crippen LogP contribution in [0.3, 0.4) is 0 Å². The fourth-order valence-electron chi connectivity index (χ4n) is 2.45. The number of nitrogens with one attached hydrogen (secondary N) is 1. The van der Waals surface area contributed by atoms with Crippen molar-refractivity contribution in [3.8, 4) is 0 Å². The fraction of sp³-hybridized carbons (Fsp3) is 0.692. The number of rotatable bonds is 4. The molecule has 3 rings (SSSR count). The van der Waals surface area contributed by atoms with Gasteiger partial charge in [-0.3, -0.25) is 4.79 Å². The molecule has 1 saturated carbocycles. The first kappa shape index (κ1) is 11.7. The first-order valence-electron chi connectivity index (χ1n) is 6.73. The minimum Gasteiger partial charge on any atom is -0.381 e. The third-order valence-corrected chi connectivity index (χ3v) is 3.90. The van der Waals surface area contributed by atoms with Crippen LogP contribution in [-0.4, -0.2) is 28.9 Å². The van der Waals surface area contributed by atoms with E-state index < -0.39 is 0 Å². The van der Waals surface area contributed by atoms with Crippen LogP contribution in [0.2, 0.25) is 0 Å². The molecule has 5 heteroatoms. The van der Waals surface area contributed by atoms with E-state index in [2.05, 4.69) is 10.4 Å². The second-order valence-electron chi connectivity index (χ2n) is 5.25. The predicted molar refractivity (Wildman–Crippen MR) is 67.1 cm³/mol. The second-order valence-corrected chi connectivity index (χ2v) is 5.25. The van der Waals surface area contributed by atoms with Gasteiger partial charge in [0.25, 0.3) is 0 Å². The molecule has 0 spiro atoms. The molecule has 1 saturated heterocycles. The monoisotopic (exact) mass is 249 g/mol. The van der Waals surface area contributed by atoms with Gasteiger partial charge in [0.2, 0.25) is 5.91 Å². The van der Waals surface area contributed by atoms with Gasteiger partial charge in [-0.05, 0) is 19.3 Å². The Morgan fingerprint density at radius 2 is 2.39 bits per heavy atom. The van der Waals surface area contributed by atoms with Crippen LogP contribution in [0.4, 0.5) is 5.82 Å². The summed E-state index contributed by atoms with van der Waals surface area (Å²) in [7, 11) is 0. The quantitative estimate of drug-likeness (QED) is 0.883. The van der Waals surface area contributed by atoms with E-state index in [-0.39, 0.29) is 11.8 Å². The highest BCUT2D eigenvalue weighted by Crippen LogP contribution is 2.27. The second kappa shape index (κ2) is 5.10. The molecule has 1 amide bonds. The Bertz CT molecular complexity index is 420. The summed E-state index contributed by atoms with van der Waals surface area (Å²) in [4.78, 5) is 11.9. The standard InChI is InChI=1S/C13H19N3O2/c17-13(11-2-1-3-11)15-12-4-6-14-16(12)8-10-5-7-18-9-10/h4,6,10-11H,1-3,5,7-9H2,(H,15,17). The molecule has 98 valence electrons. The summed E-state index contributed by atoms with van der Waals surface area (Å²) in [5.41, 5.74) is 0. The number of amides is 1. The van der Waals surface area contributed by atoms with Crippen LogP contribution in [0.15, 0.2) is 12.3 Å². The van der Waals surface area contributed by atoms with Gasteiger partial charge in [-0.1, -0.05) is 6.42 Å². The van der Waals surface area contributed by atoms with E-state index in [4.69, 9.17) is 4.74 Å². The number of ether oxygens (including phenoxy) is 1. The Morgan fingerprint density at radius 1 is 1.50 bits per heavy atom. The van der Waals surface area contributed by atoms with Gasteiger partial charge in [-0.25, -0.2) is 4.68 Å². The summed E-state index contributed by atoms with van der Waals surface area (Å²) in [5.74, 6) is 1.69. The number of carbonyl (C=O) groups is 1. The lowest BCUT2D eigenvalue weighted by molar-refractivity contribution is -0.122. The Kier molecular flexibility index (Phi) is 3.32. The van der Waals surface area contributed by atoms with Gasteiger partial charge in [0.1, 0.15) is 5.82 Å².